The Morgan fingerprint density at radius 3 is 2.30 bits per heavy atom. The van der Waals surface area contributed by atoms with Crippen LogP contribution >= 0.6 is 0 Å². The number of piperazine rings is 1. The molecule has 1 aromatic heterocycles. The second kappa shape index (κ2) is 8.74. The van der Waals surface area contributed by atoms with Crippen LogP contribution in [-0.4, -0.2) is 48.1 Å². The van der Waals surface area contributed by atoms with Gasteiger partial charge in [-0.1, -0.05) is 44.2 Å². The number of pyridine rings is 1. The van der Waals surface area contributed by atoms with E-state index in [1.807, 2.05) is 42.2 Å². The molecule has 30 heavy (non-hydrogen) atoms. The topological polar surface area (TPSA) is 45.7 Å². The number of rotatable bonds is 5. The van der Waals surface area contributed by atoms with Crippen LogP contribution in [0.4, 0.5) is 5.82 Å². The predicted octanol–water partition coefficient (Wildman–Crippen LogP) is 4.47. The van der Waals surface area contributed by atoms with Gasteiger partial charge in [0, 0.05) is 31.6 Å². The number of nitrogens with zero attached hydrogens (tertiary/aromatic N) is 3. The van der Waals surface area contributed by atoms with E-state index in [-0.39, 0.29) is 5.91 Å². The fourth-order valence-electron chi connectivity index (χ4n) is 3.83. The number of aromatic nitrogens is 1. The maximum absolute atomic E-state index is 12.9. The lowest BCUT2D eigenvalue weighted by atomic mass is 10.0. The van der Waals surface area contributed by atoms with Gasteiger partial charge in [0.15, 0.2) is 6.10 Å². The maximum atomic E-state index is 12.9. The Bertz CT molecular complexity index is 1010. The molecule has 0 radical (unpaired) electrons. The van der Waals surface area contributed by atoms with Crippen molar-refractivity contribution in [2.75, 3.05) is 31.1 Å². The van der Waals surface area contributed by atoms with E-state index in [9.17, 15) is 4.79 Å². The molecule has 5 heteroatoms. The summed E-state index contributed by atoms with van der Waals surface area (Å²) in [5, 5.41) is 1.14. The highest BCUT2D eigenvalue weighted by molar-refractivity contribution is 5.82. The molecule has 1 saturated heterocycles. The minimum absolute atomic E-state index is 0.0362. The van der Waals surface area contributed by atoms with Crippen LogP contribution in [0.15, 0.2) is 60.7 Å². The molecule has 1 aliphatic heterocycles. The molecule has 1 atom stereocenters. The number of carbonyl (C=O) groups is 1. The Balaban J connectivity index is 1.34. The summed E-state index contributed by atoms with van der Waals surface area (Å²) in [4.78, 5) is 21.8. The summed E-state index contributed by atoms with van der Waals surface area (Å²) in [7, 11) is 0. The summed E-state index contributed by atoms with van der Waals surface area (Å²) in [6.07, 6.45) is -0.500. The fourth-order valence-corrected chi connectivity index (χ4v) is 3.83. The predicted molar refractivity (Wildman–Crippen MR) is 121 cm³/mol. The first-order chi connectivity index (χ1) is 14.5. The van der Waals surface area contributed by atoms with Gasteiger partial charge >= 0.3 is 0 Å². The molecule has 4 rings (SSSR count). The molecule has 5 nitrogen and oxygen atoms in total. The minimum atomic E-state index is -0.500. The van der Waals surface area contributed by atoms with Crippen LogP contribution in [0.1, 0.15) is 32.3 Å². The maximum Gasteiger partial charge on any atom is 0.263 e. The van der Waals surface area contributed by atoms with Crippen LogP contribution in [0.3, 0.4) is 0 Å². The third-order valence-electron chi connectivity index (χ3n) is 5.71. The number of benzene rings is 2. The highest BCUT2D eigenvalue weighted by Gasteiger charge is 2.26. The van der Waals surface area contributed by atoms with Gasteiger partial charge in [-0.3, -0.25) is 4.79 Å². The fraction of sp³-hybridized carbons (Fsp3) is 0.360. The van der Waals surface area contributed by atoms with Crippen LogP contribution in [0, 0.1) is 0 Å². The molecule has 2 heterocycles. The van der Waals surface area contributed by atoms with E-state index in [0.717, 1.165) is 35.6 Å². The van der Waals surface area contributed by atoms with Gasteiger partial charge in [-0.05, 0) is 48.7 Å². The van der Waals surface area contributed by atoms with Crippen molar-refractivity contribution < 1.29 is 9.53 Å². The molecule has 0 N–H and O–H groups in total. The first-order valence-electron chi connectivity index (χ1n) is 10.7. The molecular weight excluding hydrogens is 374 g/mol. The van der Waals surface area contributed by atoms with Crippen molar-refractivity contribution in [2.24, 2.45) is 0 Å². The van der Waals surface area contributed by atoms with Crippen LogP contribution in [-0.2, 0) is 4.79 Å². The van der Waals surface area contributed by atoms with Crippen molar-refractivity contribution in [1.82, 2.24) is 9.88 Å². The third kappa shape index (κ3) is 4.40. The Hall–Kier alpha value is -3.08. The van der Waals surface area contributed by atoms with Crippen LogP contribution in [0.2, 0.25) is 0 Å². The zero-order valence-electron chi connectivity index (χ0n) is 17.9. The summed E-state index contributed by atoms with van der Waals surface area (Å²) < 4.78 is 5.91. The first-order valence-corrected chi connectivity index (χ1v) is 10.7. The van der Waals surface area contributed by atoms with Gasteiger partial charge in [0.25, 0.3) is 5.91 Å². The standard InChI is InChI=1S/C25H29N3O2/c1-18(2)20-8-11-22(12-9-20)30-19(3)25(29)28-16-14-27(15-17-28)24-13-10-21-6-4-5-7-23(21)26-24/h4-13,18-19H,14-17H2,1-3H3. The summed E-state index contributed by atoms with van der Waals surface area (Å²) in [6, 6.07) is 20.3. The smallest absolute Gasteiger partial charge is 0.263 e. The number of hydrogen-bond donors (Lipinski definition) is 0. The van der Waals surface area contributed by atoms with E-state index in [2.05, 4.69) is 49.1 Å². The summed E-state index contributed by atoms with van der Waals surface area (Å²) in [6.45, 7) is 9.04. The van der Waals surface area contributed by atoms with E-state index in [1.54, 1.807) is 0 Å². The quantitative estimate of drug-likeness (QED) is 0.630. The first kappa shape index (κ1) is 20.2. The van der Waals surface area contributed by atoms with Crippen molar-refractivity contribution in [1.29, 1.82) is 0 Å². The Labute approximate surface area is 178 Å². The lowest BCUT2D eigenvalue weighted by molar-refractivity contribution is -0.138. The molecule has 1 amide bonds. The lowest BCUT2D eigenvalue weighted by Gasteiger charge is -2.36. The molecule has 0 aliphatic carbocycles. The molecule has 0 bridgehead atoms. The Kier molecular flexibility index (Phi) is 5.88. The molecule has 3 aromatic rings. The van der Waals surface area contributed by atoms with E-state index < -0.39 is 6.10 Å². The molecule has 1 fully saturated rings. The van der Waals surface area contributed by atoms with Gasteiger partial charge in [-0.15, -0.1) is 0 Å². The Morgan fingerprint density at radius 2 is 1.60 bits per heavy atom. The van der Waals surface area contributed by atoms with E-state index in [0.29, 0.717) is 19.0 Å². The summed E-state index contributed by atoms with van der Waals surface area (Å²) in [5.74, 6) is 2.22. The van der Waals surface area contributed by atoms with Gasteiger partial charge in [0.05, 0.1) is 5.52 Å². The van der Waals surface area contributed by atoms with Crippen molar-refractivity contribution in [3.05, 3.63) is 66.2 Å². The summed E-state index contributed by atoms with van der Waals surface area (Å²) in [5.41, 5.74) is 2.26. The average molecular weight is 404 g/mol. The second-order valence-corrected chi connectivity index (χ2v) is 8.16. The van der Waals surface area contributed by atoms with Crippen molar-refractivity contribution in [3.8, 4) is 5.75 Å². The van der Waals surface area contributed by atoms with Crippen LogP contribution in [0.25, 0.3) is 10.9 Å². The Morgan fingerprint density at radius 1 is 0.900 bits per heavy atom. The largest absolute Gasteiger partial charge is 0.481 e. The molecule has 1 aliphatic rings. The number of carbonyl (C=O) groups excluding carboxylic acids is 1. The monoisotopic (exact) mass is 403 g/mol. The van der Waals surface area contributed by atoms with Crippen molar-refractivity contribution >= 4 is 22.6 Å². The van der Waals surface area contributed by atoms with E-state index >= 15 is 0 Å². The molecule has 0 spiro atoms. The summed E-state index contributed by atoms with van der Waals surface area (Å²) >= 11 is 0. The molecule has 0 saturated carbocycles. The minimum Gasteiger partial charge on any atom is -0.481 e. The SMILES string of the molecule is CC(Oc1ccc(C(C)C)cc1)C(=O)N1CCN(c2ccc3ccccc3n2)CC1. The number of fused-ring (bicyclic) bond motifs is 1. The van der Waals surface area contributed by atoms with Crippen molar-refractivity contribution in [3.63, 3.8) is 0 Å². The molecular formula is C25H29N3O2. The molecule has 2 aromatic carbocycles. The zero-order valence-corrected chi connectivity index (χ0v) is 17.9. The van der Waals surface area contributed by atoms with Gasteiger partial charge in [0.2, 0.25) is 0 Å². The van der Waals surface area contributed by atoms with Crippen LogP contribution in [0.5, 0.6) is 5.75 Å². The van der Waals surface area contributed by atoms with E-state index in [4.69, 9.17) is 9.72 Å². The molecule has 156 valence electrons. The zero-order chi connectivity index (χ0) is 21.1. The van der Waals surface area contributed by atoms with Gasteiger partial charge in [0.1, 0.15) is 11.6 Å². The van der Waals surface area contributed by atoms with Crippen LogP contribution < -0.4 is 9.64 Å². The number of para-hydroxylation sites is 1. The number of anilines is 1. The van der Waals surface area contributed by atoms with E-state index in [1.165, 1.54) is 5.56 Å². The average Bonchev–Trinajstić information content (AvgIpc) is 2.78. The highest BCUT2D eigenvalue weighted by atomic mass is 16.5. The molecule has 1 unspecified atom stereocenters. The van der Waals surface area contributed by atoms with Gasteiger partial charge in [-0.25, -0.2) is 4.98 Å². The highest BCUT2D eigenvalue weighted by Crippen LogP contribution is 2.21. The number of ether oxygens (including phenoxy) is 1. The van der Waals surface area contributed by atoms with Gasteiger partial charge in [-0.2, -0.15) is 0 Å². The van der Waals surface area contributed by atoms with Gasteiger partial charge < -0.3 is 14.5 Å². The number of amides is 1. The lowest BCUT2D eigenvalue weighted by Crippen LogP contribution is -2.52. The number of hydrogen-bond acceptors (Lipinski definition) is 4. The third-order valence-corrected chi connectivity index (χ3v) is 5.71. The normalized spacial score (nSPS) is 15.5. The van der Waals surface area contributed by atoms with Crippen molar-refractivity contribution in [2.45, 2.75) is 32.8 Å². The second-order valence-electron chi connectivity index (χ2n) is 8.16.